The number of thioether (sulfide) groups is 1. The molecule has 107 heavy (non-hydrogen) atoms. The minimum absolute atomic E-state index is 0.0600. The van der Waals surface area contributed by atoms with E-state index in [1.165, 1.54) is 50.7 Å². The number of halogens is 1. The van der Waals surface area contributed by atoms with Gasteiger partial charge in [-0.3, -0.25) is 0 Å². The van der Waals surface area contributed by atoms with Crippen molar-refractivity contribution in [2.75, 3.05) is 67.6 Å². The largest absolute Gasteiger partial charge is 0.507 e. The number of rotatable bonds is 5. The Labute approximate surface area is 648 Å². The molecule has 1 N–H and O–H groups in total. The second kappa shape index (κ2) is 33.4. The zero-order valence-corrected chi connectivity index (χ0v) is 67.1. The Morgan fingerprint density at radius 2 is 0.916 bits per heavy atom. The van der Waals surface area contributed by atoms with Gasteiger partial charge in [0, 0.05) is 70.2 Å². The van der Waals surface area contributed by atoms with Gasteiger partial charge in [0.05, 0.1) is 78.6 Å². The Hall–Kier alpha value is -8.03. The second-order valence-corrected chi connectivity index (χ2v) is 36.0. The highest BCUT2D eigenvalue weighted by Gasteiger charge is 2.43. The van der Waals surface area contributed by atoms with Crippen LogP contribution in [0, 0.1) is 12.8 Å². The highest BCUT2D eigenvalue weighted by Crippen LogP contribution is 2.47. The number of nitrogens with zero attached hydrogens (tertiary/aromatic N) is 3. The number of fused-ring (bicyclic) bond motifs is 4. The van der Waals surface area contributed by atoms with Crippen molar-refractivity contribution in [1.29, 1.82) is 0 Å². The Bertz CT molecular complexity index is 4460. The molecule has 2 spiro atoms. The molecule has 12 heteroatoms. The fraction of sp³-hybridized carbons (Fsp3) is 0.421. The van der Waals surface area contributed by atoms with Crippen LogP contribution in [0.3, 0.4) is 0 Å². The summed E-state index contributed by atoms with van der Waals surface area (Å²) in [5.41, 5.74) is 16.3. The summed E-state index contributed by atoms with van der Waals surface area (Å²) in [6.45, 7) is 23.6. The predicted octanol–water partition coefficient (Wildman–Crippen LogP) is 21.5. The molecule has 18 rings (SSSR count). The Kier molecular flexibility index (Phi) is 24.1. The summed E-state index contributed by atoms with van der Waals surface area (Å²) in [5.74, 6) is 4.58. The second-order valence-electron chi connectivity index (χ2n) is 34.7. The van der Waals surface area contributed by atoms with Gasteiger partial charge in [0.25, 0.3) is 0 Å². The van der Waals surface area contributed by atoms with Crippen LogP contribution in [-0.4, -0.2) is 87.8 Å². The Morgan fingerprint density at radius 3 is 1.37 bits per heavy atom. The van der Waals surface area contributed by atoms with E-state index >= 15 is 0 Å². The molecule has 10 nitrogen and oxygen atoms in total. The first kappa shape index (κ1) is 77.1. The minimum Gasteiger partial charge on any atom is -0.507 e. The van der Waals surface area contributed by atoms with E-state index in [1.54, 1.807) is 0 Å². The minimum atomic E-state index is -0.185. The maximum atomic E-state index is 11.8. The van der Waals surface area contributed by atoms with Crippen LogP contribution in [0.4, 0.5) is 0 Å². The van der Waals surface area contributed by atoms with Gasteiger partial charge < -0.3 is 42.5 Å². The first-order valence-corrected chi connectivity index (χ1v) is 40.6. The zero-order chi connectivity index (χ0) is 75.0. The lowest BCUT2D eigenvalue weighted by Crippen LogP contribution is -2.51. The number of hydrogen-bond acceptors (Lipinski definition) is 8. The number of likely N-dealkylation sites (tertiary alicyclic amines) is 2. The van der Waals surface area contributed by atoms with Crippen LogP contribution in [-0.2, 0) is 65.8 Å². The first-order valence-electron chi connectivity index (χ1n) is 39.3. The number of ether oxygens (including phenoxy) is 6. The van der Waals surface area contributed by atoms with Gasteiger partial charge in [-0.25, -0.2) is 4.57 Å². The third kappa shape index (κ3) is 19.9. The number of aliphatic hydroxyl groups is 1. The van der Waals surface area contributed by atoms with E-state index < -0.39 is 0 Å². The summed E-state index contributed by atoms with van der Waals surface area (Å²) in [6, 6.07) is 66.5. The molecule has 1 aromatic heterocycles. The molecular weight excluding hydrogens is 1360 g/mol. The average molecular weight is 1480 g/mol. The van der Waals surface area contributed by atoms with Crippen LogP contribution in [0.2, 0.25) is 5.02 Å². The van der Waals surface area contributed by atoms with Gasteiger partial charge in [-0.1, -0.05) is 187 Å². The van der Waals surface area contributed by atoms with Crippen LogP contribution in [0.1, 0.15) is 190 Å². The number of aliphatic hydroxyl groups excluding tert-OH is 1. The predicted molar refractivity (Wildman–Crippen MR) is 437 cm³/mol. The monoisotopic (exact) mass is 1480 g/mol. The van der Waals surface area contributed by atoms with Crippen LogP contribution >= 0.6 is 23.4 Å². The van der Waals surface area contributed by atoms with Crippen molar-refractivity contribution in [2.45, 2.75) is 191 Å². The van der Waals surface area contributed by atoms with E-state index in [0.29, 0.717) is 68.4 Å². The summed E-state index contributed by atoms with van der Waals surface area (Å²) in [7, 11) is 9.47. The first-order chi connectivity index (χ1) is 51.3. The summed E-state index contributed by atoms with van der Waals surface area (Å²) >= 11 is 7.64. The van der Waals surface area contributed by atoms with Crippen molar-refractivity contribution >= 4 is 29.1 Å². The summed E-state index contributed by atoms with van der Waals surface area (Å²) in [4.78, 5) is 0.835. The van der Waals surface area contributed by atoms with Crippen LogP contribution in [0.5, 0.6) is 28.7 Å². The smallest absolute Gasteiger partial charge is 0.173 e. The number of aryl methyl sites for hydroxylation is 2. The summed E-state index contributed by atoms with van der Waals surface area (Å²) in [6.07, 6.45) is 16.3. The van der Waals surface area contributed by atoms with Gasteiger partial charge in [0.2, 0.25) is 0 Å². The van der Waals surface area contributed by atoms with Gasteiger partial charge in [-0.15, -0.1) is 0 Å². The molecule has 8 aromatic carbocycles. The third-order valence-corrected chi connectivity index (χ3v) is 24.6. The molecule has 2 saturated heterocycles. The van der Waals surface area contributed by atoms with Crippen LogP contribution < -0.4 is 28.3 Å². The molecule has 10 heterocycles. The van der Waals surface area contributed by atoms with Crippen molar-refractivity contribution in [3.8, 4) is 28.7 Å². The highest BCUT2D eigenvalue weighted by molar-refractivity contribution is 8.02. The van der Waals surface area contributed by atoms with Crippen molar-refractivity contribution in [2.24, 2.45) is 5.92 Å². The maximum absolute atomic E-state index is 11.8. The van der Waals surface area contributed by atoms with E-state index in [-0.39, 0.29) is 33.5 Å². The van der Waals surface area contributed by atoms with E-state index in [0.717, 1.165) is 173 Å². The molecule has 0 amide bonds. The van der Waals surface area contributed by atoms with Gasteiger partial charge in [-0.05, 0) is 189 Å². The van der Waals surface area contributed by atoms with E-state index in [4.69, 9.17) is 40.0 Å². The zero-order valence-electron chi connectivity index (χ0n) is 65.5. The van der Waals surface area contributed by atoms with Crippen molar-refractivity contribution in [3.63, 3.8) is 0 Å². The molecule has 9 aliphatic heterocycles. The van der Waals surface area contributed by atoms with Gasteiger partial charge in [0.15, 0.2) is 18.9 Å². The number of hydrogen-bond donors (Lipinski definition) is 1. The molecular formula is C95H115ClN3O7S+3. The molecule has 0 aliphatic carbocycles. The number of quaternary nitrogens is 2. The lowest BCUT2D eigenvalue weighted by Gasteiger charge is -2.45. The van der Waals surface area contributed by atoms with Crippen LogP contribution in [0.15, 0.2) is 205 Å². The molecule has 0 saturated carbocycles. The Morgan fingerprint density at radius 1 is 0.495 bits per heavy atom. The lowest BCUT2D eigenvalue weighted by atomic mass is 9.67. The van der Waals surface area contributed by atoms with Crippen molar-refractivity contribution in [3.05, 3.63) is 283 Å². The van der Waals surface area contributed by atoms with E-state index in [1.807, 2.05) is 54.2 Å². The molecule has 16 bridgehead atoms. The third-order valence-electron chi connectivity index (χ3n) is 23.4. The molecule has 9 aliphatic rings. The number of piperidine rings is 2. The highest BCUT2D eigenvalue weighted by atomic mass is 35.5. The molecule has 2 unspecified atom stereocenters. The van der Waals surface area contributed by atoms with E-state index in [2.05, 4.69) is 227 Å². The normalized spacial score (nSPS) is 19.6. The number of pyridine rings is 1. The lowest BCUT2D eigenvalue weighted by molar-refractivity contribution is -0.896. The number of aromatic nitrogens is 1. The Balaban J connectivity index is 0.795. The summed E-state index contributed by atoms with van der Waals surface area (Å²) in [5, 5.41) is 14.3. The van der Waals surface area contributed by atoms with E-state index in [9.17, 15) is 5.11 Å². The average Bonchev–Trinajstić information content (AvgIpc) is 0.787. The van der Waals surface area contributed by atoms with Gasteiger partial charge >= 0.3 is 0 Å². The van der Waals surface area contributed by atoms with Gasteiger partial charge in [0.1, 0.15) is 60.9 Å². The topological polar surface area (TPSA) is 79.5 Å². The molecule has 2 atom stereocenters. The van der Waals surface area contributed by atoms with Gasteiger partial charge in [-0.2, -0.15) is 0 Å². The molecule has 562 valence electrons. The van der Waals surface area contributed by atoms with Crippen LogP contribution in [0.25, 0.3) is 5.76 Å². The van der Waals surface area contributed by atoms with Crippen molar-refractivity contribution in [1.82, 2.24) is 0 Å². The SMILES string of the molecule is Cc1cc2c(S/C=C(\O)c3cc[n+](Cc4ccc(Cl)cc4)cc3)c(c1)OCC1CCCCC(CCCCc3ccc(cc3)C3(CC[N+](C)(C)CC3)c3ccc(cc3)OCc3cc(cc(C(C)(C)C)c3)COc3ccc(cc3)C3(CC[N+](C)(C)CC3)c3ccc(cc3)OCc3cc(cc(C(C)(C)C)c3)CO1)CO2. The summed E-state index contributed by atoms with van der Waals surface area (Å²) < 4.78 is 45.3. The molecule has 9 aromatic rings. The number of benzene rings is 8. The quantitative estimate of drug-likeness (QED) is 0.0790. The maximum Gasteiger partial charge on any atom is 0.173 e. The standard InChI is InChI=1S/C95H114ClN3O7S/c1-68-52-89-91(107-67-88(100)76-40-46-97(47-41-76)60-70-22-32-83(96)33-23-70)90(53-68)106-66-87-19-15-14-18-71(61-105-89)17-13-12-16-69-20-24-77(25-21-69)94(42-48-98(8,9)49-43-94)78-26-34-84(35-27-78)101-62-72-54-73(57-81(56-72)92(2,3)4)63-102-85-36-28-79(29-37-85)95(44-50-99(10,11)51-45-95)80-30-38-86(39-31-80)103-64-74-55-75(65-104-87)59-82(58-74)93(5,6)7/h20-41,46-47,52-59,67,71,87H,12-19,42-45,48-51,60-66H2,1-11H3/q+2/p+1/b88-67-. The fourth-order valence-electron chi connectivity index (χ4n) is 16.2. The molecule has 2 fully saturated rings. The fourth-order valence-corrected chi connectivity index (χ4v) is 17.2. The molecule has 0 radical (unpaired) electrons. The van der Waals surface area contributed by atoms with Crippen molar-refractivity contribution < 1.29 is 47.1 Å².